The smallest absolute Gasteiger partial charge is 0.0583 e. The van der Waals surface area contributed by atoms with Crippen LogP contribution in [-0.4, -0.2) is 9.13 Å². The van der Waals surface area contributed by atoms with Crippen molar-refractivity contribution in [2.24, 2.45) is 0 Å². The molecule has 0 spiro atoms. The number of anilines is 3. The van der Waals surface area contributed by atoms with Crippen LogP contribution in [0.15, 0.2) is 152 Å². The van der Waals surface area contributed by atoms with Gasteiger partial charge in [-0.2, -0.15) is 0 Å². The van der Waals surface area contributed by atoms with Crippen molar-refractivity contribution in [1.29, 1.82) is 0 Å². The van der Waals surface area contributed by atoms with Crippen LogP contribution in [0.4, 0.5) is 17.1 Å². The van der Waals surface area contributed by atoms with E-state index < -0.39 is 0 Å². The summed E-state index contributed by atoms with van der Waals surface area (Å²) < 4.78 is 5.00. The first-order valence-electron chi connectivity index (χ1n) is 18.0. The Balaban J connectivity index is 1.26. The molecule has 0 atom stereocenters. The molecule has 2 aliphatic rings. The molecule has 2 aromatic heterocycles. The van der Waals surface area contributed by atoms with Gasteiger partial charge in [0, 0.05) is 49.4 Å². The van der Waals surface area contributed by atoms with E-state index in [1.165, 1.54) is 88.6 Å². The second kappa shape index (κ2) is 9.80. The molecule has 3 heteroatoms. The molecule has 4 heterocycles. The van der Waals surface area contributed by atoms with Crippen molar-refractivity contribution in [1.82, 2.24) is 9.13 Å². The second-order valence-corrected chi connectivity index (χ2v) is 15.4. The molecule has 0 saturated heterocycles. The number of hydrogen-bond acceptors (Lipinski definition) is 1. The van der Waals surface area contributed by atoms with Crippen molar-refractivity contribution in [3.05, 3.63) is 174 Å². The first-order chi connectivity index (χ1) is 24.8. The van der Waals surface area contributed by atoms with E-state index in [1.54, 1.807) is 0 Å². The van der Waals surface area contributed by atoms with E-state index in [2.05, 4.69) is 193 Å². The van der Waals surface area contributed by atoms with Gasteiger partial charge in [-0.15, -0.1) is 0 Å². The molecule has 7 aromatic carbocycles. The number of aromatic nitrogens is 2. The van der Waals surface area contributed by atoms with Crippen LogP contribution in [0.25, 0.3) is 55.0 Å². The zero-order valence-corrected chi connectivity index (χ0v) is 29.3. The van der Waals surface area contributed by atoms with E-state index in [4.69, 9.17) is 0 Å². The van der Waals surface area contributed by atoms with Gasteiger partial charge >= 0.3 is 0 Å². The monoisotopic (exact) mass is 655 g/mol. The highest BCUT2D eigenvalue weighted by Gasteiger charge is 2.38. The summed E-state index contributed by atoms with van der Waals surface area (Å²) in [7, 11) is 0. The Morgan fingerprint density at radius 3 is 1.27 bits per heavy atom. The zero-order chi connectivity index (χ0) is 34.2. The number of para-hydroxylation sites is 5. The lowest BCUT2D eigenvalue weighted by atomic mass is 9.74. The van der Waals surface area contributed by atoms with Crippen molar-refractivity contribution < 1.29 is 0 Å². The summed E-state index contributed by atoms with van der Waals surface area (Å²) in [5.41, 5.74) is 16.1. The SMILES string of the molecule is CC1(C)c2ccccc2-n2c3ccccc3c3cc(N(c4ccccc4)c4cc5c6c(c4)c4ccccc4n6-c4ccccc4C5(C)C)cc1c32. The molecule has 0 N–H and O–H groups in total. The molecule has 244 valence electrons. The fourth-order valence-corrected chi connectivity index (χ4v) is 9.58. The van der Waals surface area contributed by atoms with Gasteiger partial charge in [0.1, 0.15) is 0 Å². The second-order valence-electron chi connectivity index (χ2n) is 15.4. The van der Waals surface area contributed by atoms with E-state index >= 15 is 0 Å². The summed E-state index contributed by atoms with van der Waals surface area (Å²) in [6.45, 7) is 9.57. The van der Waals surface area contributed by atoms with Crippen molar-refractivity contribution in [2.45, 2.75) is 38.5 Å². The van der Waals surface area contributed by atoms with E-state index in [0.717, 1.165) is 5.69 Å². The van der Waals surface area contributed by atoms with Crippen LogP contribution in [0, 0.1) is 0 Å². The number of nitrogens with zero attached hydrogens (tertiary/aromatic N) is 3. The number of benzene rings is 7. The molecule has 0 bridgehead atoms. The van der Waals surface area contributed by atoms with Gasteiger partial charge in [-0.25, -0.2) is 0 Å². The fraction of sp³-hybridized carbons (Fsp3) is 0.125. The maximum Gasteiger partial charge on any atom is 0.0583 e. The van der Waals surface area contributed by atoms with Crippen LogP contribution in [0.5, 0.6) is 0 Å². The molecule has 0 aliphatic carbocycles. The van der Waals surface area contributed by atoms with Crippen LogP contribution in [-0.2, 0) is 10.8 Å². The van der Waals surface area contributed by atoms with Gasteiger partial charge in [-0.05, 0) is 82.9 Å². The van der Waals surface area contributed by atoms with Crippen molar-refractivity contribution in [3.63, 3.8) is 0 Å². The quantitative estimate of drug-likeness (QED) is 0.185. The summed E-state index contributed by atoms with van der Waals surface area (Å²) >= 11 is 0. The van der Waals surface area contributed by atoms with Gasteiger partial charge in [0.05, 0.1) is 33.4 Å². The lowest BCUT2D eigenvalue weighted by Gasteiger charge is -2.37. The Hall–Kier alpha value is -6.06. The zero-order valence-electron chi connectivity index (χ0n) is 29.3. The van der Waals surface area contributed by atoms with Gasteiger partial charge in [-0.3, -0.25) is 0 Å². The predicted octanol–water partition coefficient (Wildman–Crippen LogP) is 12.6. The first kappa shape index (κ1) is 28.7. The molecule has 2 aliphatic heterocycles. The van der Waals surface area contributed by atoms with Crippen LogP contribution >= 0.6 is 0 Å². The van der Waals surface area contributed by atoms with E-state index in [-0.39, 0.29) is 10.8 Å². The minimum atomic E-state index is -0.202. The third-order valence-electron chi connectivity index (χ3n) is 12.0. The summed E-state index contributed by atoms with van der Waals surface area (Å²) in [6, 6.07) is 56.5. The van der Waals surface area contributed by atoms with Crippen LogP contribution < -0.4 is 4.90 Å². The summed E-state index contributed by atoms with van der Waals surface area (Å²) in [4.78, 5) is 2.50. The third kappa shape index (κ3) is 3.63. The normalized spacial score (nSPS) is 15.0. The lowest BCUT2D eigenvalue weighted by molar-refractivity contribution is 0.630. The highest BCUT2D eigenvalue weighted by Crippen LogP contribution is 2.53. The van der Waals surface area contributed by atoms with Crippen molar-refractivity contribution >= 4 is 60.7 Å². The molecule has 9 aromatic rings. The molecule has 0 amide bonds. The molecule has 0 saturated carbocycles. The lowest BCUT2D eigenvalue weighted by Crippen LogP contribution is -2.27. The van der Waals surface area contributed by atoms with Crippen LogP contribution in [0.2, 0.25) is 0 Å². The molecule has 0 radical (unpaired) electrons. The molecular formula is C48H37N3. The largest absolute Gasteiger partial charge is 0.310 e. The van der Waals surface area contributed by atoms with Crippen molar-refractivity contribution in [3.8, 4) is 11.4 Å². The summed E-state index contributed by atoms with van der Waals surface area (Å²) in [5, 5.41) is 5.13. The van der Waals surface area contributed by atoms with Crippen molar-refractivity contribution in [2.75, 3.05) is 4.90 Å². The van der Waals surface area contributed by atoms with E-state index in [9.17, 15) is 0 Å². The Kier molecular flexibility index (Phi) is 5.52. The van der Waals surface area contributed by atoms with E-state index in [1.807, 2.05) is 0 Å². The Bertz CT molecular complexity index is 2740. The minimum absolute atomic E-state index is 0.202. The average molecular weight is 656 g/mol. The summed E-state index contributed by atoms with van der Waals surface area (Å²) in [5.74, 6) is 0. The van der Waals surface area contributed by atoms with Gasteiger partial charge in [0.15, 0.2) is 0 Å². The van der Waals surface area contributed by atoms with Crippen LogP contribution in [0.1, 0.15) is 49.9 Å². The highest BCUT2D eigenvalue weighted by molar-refractivity contribution is 6.15. The van der Waals surface area contributed by atoms with Gasteiger partial charge in [-0.1, -0.05) is 119 Å². The molecule has 11 rings (SSSR count). The highest BCUT2D eigenvalue weighted by atomic mass is 15.1. The molecule has 3 nitrogen and oxygen atoms in total. The number of hydrogen-bond donors (Lipinski definition) is 0. The third-order valence-corrected chi connectivity index (χ3v) is 12.0. The predicted molar refractivity (Wildman–Crippen MR) is 214 cm³/mol. The fourth-order valence-electron chi connectivity index (χ4n) is 9.58. The topological polar surface area (TPSA) is 13.1 Å². The maximum atomic E-state index is 2.50. The standard InChI is InChI=1S/C48H37N3/c1-47(2)37-20-10-14-24-43(37)50-41-22-12-8-18-33(41)35-26-31(28-39(47)45(35)50)49(30-16-6-5-7-17-30)32-27-36-34-19-9-13-23-42(34)51-44-25-15-11-21-38(44)48(3,4)40(29-32)46(36)51/h5-29H,1-4H3. The summed E-state index contributed by atoms with van der Waals surface area (Å²) in [6.07, 6.45) is 0. The number of fused-ring (bicyclic) bond motifs is 10. The molecule has 0 fully saturated rings. The molecular weight excluding hydrogens is 619 g/mol. The van der Waals surface area contributed by atoms with Gasteiger partial charge in [0.2, 0.25) is 0 Å². The minimum Gasteiger partial charge on any atom is -0.310 e. The molecule has 51 heavy (non-hydrogen) atoms. The van der Waals surface area contributed by atoms with Gasteiger partial charge < -0.3 is 14.0 Å². The number of rotatable bonds is 3. The Morgan fingerprint density at radius 2 is 0.784 bits per heavy atom. The Labute approximate surface area is 297 Å². The Morgan fingerprint density at radius 1 is 0.373 bits per heavy atom. The van der Waals surface area contributed by atoms with Gasteiger partial charge in [0.25, 0.3) is 0 Å². The molecule has 0 unspecified atom stereocenters. The van der Waals surface area contributed by atoms with E-state index in [0.29, 0.717) is 0 Å². The first-order valence-corrected chi connectivity index (χ1v) is 18.0. The average Bonchev–Trinajstić information content (AvgIpc) is 3.67. The van der Waals surface area contributed by atoms with Crippen LogP contribution in [0.3, 0.4) is 0 Å². The maximum absolute atomic E-state index is 2.50.